The largest absolute Gasteiger partial charge is 0.464 e. The van der Waals surface area contributed by atoms with E-state index in [2.05, 4.69) is 5.32 Å². The molecule has 1 N–H and O–H groups in total. The third-order valence-electron chi connectivity index (χ3n) is 4.48. The molecule has 0 fully saturated rings. The first kappa shape index (κ1) is 20.5. The lowest BCUT2D eigenvalue weighted by Gasteiger charge is -2.19. The number of benzene rings is 1. The monoisotopic (exact) mass is 374 g/mol. The second-order valence-corrected chi connectivity index (χ2v) is 6.34. The minimum Gasteiger partial charge on any atom is -0.464 e. The van der Waals surface area contributed by atoms with Gasteiger partial charge in [0.05, 0.1) is 19.2 Å². The SMILES string of the molecule is CCNC(=O)CN(CC)C(=O)COC(=O)Cc1coc2c(C)c(C)ccc12. The number of furan rings is 1. The molecule has 1 heterocycles. The van der Waals surface area contributed by atoms with Crippen LogP contribution in [0, 0.1) is 13.8 Å². The number of nitrogens with one attached hydrogen (secondary N) is 1. The average molecular weight is 374 g/mol. The number of ether oxygens (including phenoxy) is 1. The fourth-order valence-corrected chi connectivity index (χ4v) is 2.77. The fourth-order valence-electron chi connectivity index (χ4n) is 2.77. The van der Waals surface area contributed by atoms with Gasteiger partial charge in [0.2, 0.25) is 5.91 Å². The molecule has 0 radical (unpaired) electrons. The highest BCUT2D eigenvalue weighted by Gasteiger charge is 2.18. The van der Waals surface area contributed by atoms with Gasteiger partial charge in [0.1, 0.15) is 5.58 Å². The molecule has 0 bridgehead atoms. The number of esters is 1. The van der Waals surface area contributed by atoms with Crippen molar-refractivity contribution in [2.24, 2.45) is 0 Å². The molecule has 27 heavy (non-hydrogen) atoms. The van der Waals surface area contributed by atoms with Crippen LogP contribution in [0.15, 0.2) is 22.8 Å². The van der Waals surface area contributed by atoms with Crippen molar-refractivity contribution < 1.29 is 23.5 Å². The van der Waals surface area contributed by atoms with Crippen LogP contribution in [0.1, 0.15) is 30.5 Å². The molecule has 0 saturated heterocycles. The Morgan fingerprint density at radius 2 is 1.93 bits per heavy atom. The van der Waals surface area contributed by atoms with E-state index in [-0.39, 0.29) is 25.5 Å². The van der Waals surface area contributed by atoms with Gasteiger partial charge < -0.3 is 19.4 Å². The summed E-state index contributed by atoms with van der Waals surface area (Å²) in [6.45, 7) is 7.95. The van der Waals surface area contributed by atoms with Gasteiger partial charge in [-0.2, -0.15) is 0 Å². The number of likely N-dealkylation sites (N-methyl/N-ethyl adjacent to an activating group) is 2. The Balaban J connectivity index is 1.93. The Kier molecular flexibility index (Phi) is 6.98. The van der Waals surface area contributed by atoms with Crippen LogP contribution in [-0.4, -0.2) is 48.9 Å². The highest BCUT2D eigenvalue weighted by Crippen LogP contribution is 2.26. The van der Waals surface area contributed by atoms with Crippen molar-refractivity contribution in [3.05, 3.63) is 35.1 Å². The van der Waals surface area contributed by atoms with Crippen molar-refractivity contribution in [1.29, 1.82) is 0 Å². The van der Waals surface area contributed by atoms with Crippen LogP contribution < -0.4 is 5.32 Å². The maximum Gasteiger partial charge on any atom is 0.310 e. The minimum atomic E-state index is -0.515. The topological polar surface area (TPSA) is 88.9 Å². The molecule has 0 aliphatic carbocycles. The van der Waals surface area contributed by atoms with Crippen molar-refractivity contribution >= 4 is 28.8 Å². The summed E-state index contributed by atoms with van der Waals surface area (Å²) in [4.78, 5) is 37.3. The molecule has 7 nitrogen and oxygen atoms in total. The van der Waals surface area contributed by atoms with Gasteiger partial charge in [-0.15, -0.1) is 0 Å². The van der Waals surface area contributed by atoms with E-state index in [1.165, 1.54) is 4.90 Å². The summed E-state index contributed by atoms with van der Waals surface area (Å²) in [6, 6.07) is 3.89. The molecule has 146 valence electrons. The predicted molar refractivity (Wildman–Crippen MR) is 101 cm³/mol. The maximum absolute atomic E-state index is 12.2. The van der Waals surface area contributed by atoms with E-state index in [0.717, 1.165) is 27.7 Å². The molecule has 0 spiro atoms. The lowest BCUT2D eigenvalue weighted by atomic mass is 10.0. The molecule has 1 aromatic carbocycles. The summed E-state index contributed by atoms with van der Waals surface area (Å²) in [7, 11) is 0. The number of rotatable bonds is 8. The second-order valence-electron chi connectivity index (χ2n) is 6.34. The lowest BCUT2D eigenvalue weighted by Crippen LogP contribution is -2.42. The van der Waals surface area contributed by atoms with E-state index in [1.807, 2.05) is 26.0 Å². The molecule has 7 heteroatoms. The van der Waals surface area contributed by atoms with Gasteiger partial charge in [-0.25, -0.2) is 0 Å². The van der Waals surface area contributed by atoms with E-state index in [1.54, 1.807) is 20.1 Å². The molecule has 0 saturated carbocycles. The van der Waals surface area contributed by atoms with Crippen LogP contribution in [0.4, 0.5) is 0 Å². The summed E-state index contributed by atoms with van der Waals surface area (Å²) in [6.07, 6.45) is 1.57. The molecule has 2 aromatic rings. The van der Waals surface area contributed by atoms with Gasteiger partial charge in [0, 0.05) is 24.0 Å². The zero-order chi connectivity index (χ0) is 20.0. The molecule has 0 aliphatic heterocycles. The molecular formula is C20H26N2O5. The smallest absolute Gasteiger partial charge is 0.310 e. The van der Waals surface area contributed by atoms with Gasteiger partial charge in [0.25, 0.3) is 5.91 Å². The molecule has 0 atom stereocenters. The maximum atomic E-state index is 12.2. The number of fused-ring (bicyclic) bond motifs is 1. The number of carbonyl (C=O) groups is 3. The first-order valence-electron chi connectivity index (χ1n) is 9.03. The molecule has 0 unspecified atom stereocenters. The van der Waals surface area contributed by atoms with Crippen molar-refractivity contribution in [3.63, 3.8) is 0 Å². The molecule has 2 rings (SSSR count). The number of carbonyl (C=O) groups excluding carboxylic acids is 3. The number of hydrogen-bond acceptors (Lipinski definition) is 5. The second kappa shape index (κ2) is 9.21. The Labute approximate surface area is 158 Å². The Morgan fingerprint density at radius 1 is 1.19 bits per heavy atom. The van der Waals surface area contributed by atoms with Crippen LogP contribution in [0.3, 0.4) is 0 Å². The van der Waals surface area contributed by atoms with Gasteiger partial charge >= 0.3 is 5.97 Å². The molecule has 0 aliphatic rings. The number of hydrogen-bond donors (Lipinski definition) is 1. The summed E-state index contributed by atoms with van der Waals surface area (Å²) in [5.74, 6) is -1.16. The summed E-state index contributed by atoms with van der Waals surface area (Å²) in [5, 5.41) is 3.50. The third kappa shape index (κ3) is 5.09. The van der Waals surface area contributed by atoms with Gasteiger partial charge in [-0.3, -0.25) is 14.4 Å². The summed E-state index contributed by atoms with van der Waals surface area (Å²) < 4.78 is 10.7. The van der Waals surface area contributed by atoms with Crippen LogP contribution >= 0.6 is 0 Å². The molecular weight excluding hydrogens is 348 g/mol. The third-order valence-corrected chi connectivity index (χ3v) is 4.48. The fraction of sp³-hybridized carbons (Fsp3) is 0.450. The Bertz CT molecular complexity index is 840. The van der Waals surface area contributed by atoms with Gasteiger partial charge in [-0.05, 0) is 38.8 Å². The van der Waals surface area contributed by atoms with E-state index < -0.39 is 11.9 Å². The highest BCUT2D eigenvalue weighted by molar-refractivity contribution is 5.89. The van der Waals surface area contributed by atoms with Gasteiger partial charge in [-0.1, -0.05) is 12.1 Å². The van der Waals surface area contributed by atoms with E-state index in [9.17, 15) is 14.4 Å². The number of aryl methyl sites for hydroxylation is 2. The van der Waals surface area contributed by atoms with E-state index >= 15 is 0 Å². The standard InChI is InChI=1S/C20H26N2O5/c1-5-21-17(23)10-22(6-2)18(24)12-26-19(25)9-15-11-27-20-14(4)13(3)7-8-16(15)20/h7-8,11H,5-6,9-10,12H2,1-4H3,(H,21,23). The quantitative estimate of drug-likeness (QED) is 0.715. The summed E-state index contributed by atoms with van der Waals surface area (Å²) in [5.41, 5.74) is 3.63. The highest BCUT2D eigenvalue weighted by atomic mass is 16.5. The predicted octanol–water partition coefficient (Wildman–Crippen LogP) is 2.12. The van der Waals surface area contributed by atoms with E-state index in [0.29, 0.717) is 13.1 Å². The van der Waals surface area contributed by atoms with Crippen molar-refractivity contribution in [1.82, 2.24) is 10.2 Å². The first-order chi connectivity index (χ1) is 12.9. The van der Waals surface area contributed by atoms with Crippen LogP contribution in [-0.2, 0) is 25.5 Å². The molecule has 1 aromatic heterocycles. The molecule has 2 amide bonds. The number of amides is 2. The van der Waals surface area contributed by atoms with Crippen LogP contribution in [0.2, 0.25) is 0 Å². The summed E-state index contributed by atoms with van der Waals surface area (Å²) >= 11 is 0. The van der Waals surface area contributed by atoms with Crippen molar-refractivity contribution in [3.8, 4) is 0 Å². The van der Waals surface area contributed by atoms with E-state index in [4.69, 9.17) is 9.15 Å². The zero-order valence-electron chi connectivity index (χ0n) is 16.3. The van der Waals surface area contributed by atoms with Gasteiger partial charge in [0.15, 0.2) is 6.61 Å². The van der Waals surface area contributed by atoms with Crippen LogP contribution in [0.5, 0.6) is 0 Å². The minimum absolute atomic E-state index is 0.0191. The van der Waals surface area contributed by atoms with Crippen LogP contribution in [0.25, 0.3) is 11.0 Å². The Hall–Kier alpha value is -2.83. The number of nitrogens with zero attached hydrogens (tertiary/aromatic N) is 1. The average Bonchev–Trinajstić information content (AvgIpc) is 3.04. The van der Waals surface area contributed by atoms with Crippen molar-refractivity contribution in [2.45, 2.75) is 34.1 Å². The normalized spacial score (nSPS) is 10.7. The zero-order valence-corrected chi connectivity index (χ0v) is 16.3. The first-order valence-corrected chi connectivity index (χ1v) is 9.03. The Morgan fingerprint density at radius 3 is 2.59 bits per heavy atom. The van der Waals surface area contributed by atoms with Crippen molar-refractivity contribution in [2.75, 3.05) is 26.2 Å². The lowest BCUT2D eigenvalue weighted by molar-refractivity contribution is -0.152.